The van der Waals surface area contributed by atoms with Crippen LogP contribution in [0, 0.1) is 23.7 Å². The lowest BCUT2D eigenvalue weighted by atomic mass is 10.00. The van der Waals surface area contributed by atoms with E-state index in [1.807, 2.05) is 0 Å². The van der Waals surface area contributed by atoms with Gasteiger partial charge >= 0.3 is 39.5 Å². The first-order valence-electron chi connectivity index (χ1n) is 40.7. The highest BCUT2D eigenvalue weighted by Crippen LogP contribution is 2.45. The zero-order valence-corrected chi connectivity index (χ0v) is 66.2. The third-order valence-corrected chi connectivity index (χ3v) is 20.6. The second kappa shape index (κ2) is 68.2. The number of aliphatic hydroxyl groups excluding tert-OH is 1. The molecule has 0 bridgehead atoms. The number of aliphatic hydroxyl groups is 1. The van der Waals surface area contributed by atoms with Crippen LogP contribution in [0.2, 0.25) is 0 Å². The molecule has 0 rings (SSSR count). The minimum Gasteiger partial charge on any atom is -0.462 e. The van der Waals surface area contributed by atoms with Crippen LogP contribution >= 0.6 is 15.6 Å². The van der Waals surface area contributed by atoms with Gasteiger partial charge in [0.1, 0.15) is 19.3 Å². The number of unbranched alkanes of at least 4 members (excludes halogenated alkanes) is 41. The van der Waals surface area contributed by atoms with Crippen LogP contribution in [0.5, 0.6) is 0 Å². The van der Waals surface area contributed by atoms with E-state index in [4.69, 9.17) is 37.0 Å². The minimum atomic E-state index is -4.96. The maximum absolute atomic E-state index is 13.1. The first kappa shape index (κ1) is 96.1. The summed E-state index contributed by atoms with van der Waals surface area (Å²) < 4.78 is 68.6. The van der Waals surface area contributed by atoms with Gasteiger partial charge in [-0.2, -0.15) is 0 Å². The van der Waals surface area contributed by atoms with Crippen LogP contribution in [0.4, 0.5) is 0 Å². The van der Waals surface area contributed by atoms with Crippen molar-refractivity contribution in [3.63, 3.8) is 0 Å². The van der Waals surface area contributed by atoms with Crippen molar-refractivity contribution in [2.75, 3.05) is 39.6 Å². The van der Waals surface area contributed by atoms with E-state index in [-0.39, 0.29) is 25.7 Å². The van der Waals surface area contributed by atoms with E-state index >= 15 is 0 Å². The van der Waals surface area contributed by atoms with Crippen molar-refractivity contribution in [2.45, 2.75) is 420 Å². The Bertz CT molecular complexity index is 1920. The predicted octanol–water partition coefficient (Wildman–Crippen LogP) is 23.2. The molecule has 0 amide bonds. The molecule has 0 heterocycles. The Balaban J connectivity index is 5.23. The topological polar surface area (TPSA) is 237 Å². The summed E-state index contributed by atoms with van der Waals surface area (Å²) in [6, 6.07) is 0. The lowest BCUT2D eigenvalue weighted by molar-refractivity contribution is -0.161. The average Bonchev–Trinajstić information content (AvgIpc) is 1.14. The molecule has 0 fully saturated rings. The quantitative estimate of drug-likeness (QED) is 0.0222. The van der Waals surface area contributed by atoms with Crippen molar-refractivity contribution >= 4 is 39.5 Å². The van der Waals surface area contributed by atoms with Gasteiger partial charge in [0.15, 0.2) is 12.2 Å². The number of carbonyl (C=O) groups is 4. The van der Waals surface area contributed by atoms with Gasteiger partial charge in [0, 0.05) is 25.7 Å². The number of hydrogen-bond donors (Lipinski definition) is 3. The molecule has 0 radical (unpaired) electrons. The molecule has 3 unspecified atom stereocenters. The Morgan fingerprint density at radius 2 is 0.490 bits per heavy atom. The highest BCUT2D eigenvalue weighted by Gasteiger charge is 2.30. The Morgan fingerprint density at radius 3 is 0.724 bits per heavy atom. The van der Waals surface area contributed by atoms with E-state index < -0.39 is 97.5 Å². The molecule has 3 N–H and O–H groups in total. The van der Waals surface area contributed by atoms with E-state index in [0.29, 0.717) is 25.7 Å². The fourth-order valence-electron chi connectivity index (χ4n) is 12.0. The summed E-state index contributed by atoms with van der Waals surface area (Å²) >= 11 is 0. The third kappa shape index (κ3) is 71.1. The first-order valence-corrected chi connectivity index (χ1v) is 43.7. The molecule has 0 aliphatic rings. The van der Waals surface area contributed by atoms with Gasteiger partial charge in [-0.3, -0.25) is 37.3 Å². The lowest BCUT2D eigenvalue weighted by Gasteiger charge is -2.21. The number of phosphoric acid groups is 2. The highest BCUT2D eigenvalue weighted by atomic mass is 31.2. The van der Waals surface area contributed by atoms with Crippen molar-refractivity contribution in [1.29, 1.82) is 0 Å². The zero-order chi connectivity index (χ0) is 72.4. The van der Waals surface area contributed by atoms with Gasteiger partial charge in [-0.25, -0.2) is 9.13 Å². The zero-order valence-electron chi connectivity index (χ0n) is 64.4. The molecule has 19 heteroatoms. The molecule has 0 aromatic carbocycles. The van der Waals surface area contributed by atoms with Crippen molar-refractivity contribution in [2.24, 2.45) is 23.7 Å². The summed E-state index contributed by atoms with van der Waals surface area (Å²) in [5.74, 6) is 0.967. The number of rotatable bonds is 76. The van der Waals surface area contributed by atoms with Gasteiger partial charge in [-0.05, 0) is 49.4 Å². The molecular weight excluding hydrogens is 1280 g/mol. The van der Waals surface area contributed by atoms with Gasteiger partial charge in [0.05, 0.1) is 26.4 Å². The minimum absolute atomic E-state index is 0.106. The summed E-state index contributed by atoms with van der Waals surface area (Å²) in [6.07, 6.45) is 54.1. The van der Waals surface area contributed by atoms with E-state index in [0.717, 1.165) is 120 Å². The van der Waals surface area contributed by atoms with Gasteiger partial charge in [-0.1, -0.05) is 351 Å². The number of carbonyl (C=O) groups excluding carboxylic acids is 4. The van der Waals surface area contributed by atoms with Gasteiger partial charge < -0.3 is 33.8 Å². The predicted molar refractivity (Wildman–Crippen MR) is 400 cm³/mol. The van der Waals surface area contributed by atoms with E-state index in [9.17, 15) is 43.2 Å². The second-order valence-corrected chi connectivity index (χ2v) is 33.0. The molecule has 98 heavy (non-hydrogen) atoms. The molecule has 0 aromatic rings. The van der Waals surface area contributed by atoms with Gasteiger partial charge in [0.25, 0.3) is 0 Å². The Morgan fingerprint density at radius 1 is 0.286 bits per heavy atom. The van der Waals surface area contributed by atoms with Crippen LogP contribution in [0.15, 0.2) is 0 Å². The SMILES string of the molecule is CCC(C)CCCCCCCCC(=O)OC[C@H](COP(=O)(O)OC[C@H](O)COP(=O)(O)OC[C@@H](COC(=O)CCCCCCCCCCCCCCCCCC(C)C)OC(=O)CCCCCCCCCCCCC(C)C)OC(=O)CCCCCCCCCCCCCCCCC(C)C. The van der Waals surface area contributed by atoms with Crippen LogP contribution in [0.3, 0.4) is 0 Å². The van der Waals surface area contributed by atoms with Crippen molar-refractivity contribution in [3.8, 4) is 0 Å². The average molecular weight is 1440 g/mol. The summed E-state index contributed by atoms with van der Waals surface area (Å²) in [5, 5.41) is 10.6. The smallest absolute Gasteiger partial charge is 0.462 e. The number of ether oxygens (including phenoxy) is 4. The number of phosphoric ester groups is 2. The van der Waals surface area contributed by atoms with Crippen molar-refractivity contribution in [3.05, 3.63) is 0 Å². The van der Waals surface area contributed by atoms with Gasteiger partial charge in [0.2, 0.25) is 0 Å². The molecule has 17 nitrogen and oxygen atoms in total. The van der Waals surface area contributed by atoms with E-state index in [1.165, 1.54) is 199 Å². The largest absolute Gasteiger partial charge is 0.472 e. The van der Waals surface area contributed by atoms with E-state index in [1.54, 1.807) is 0 Å². The van der Waals surface area contributed by atoms with Crippen LogP contribution in [0.1, 0.15) is 402 Å². The van der Waals surface area contributed by atoms with Crippen LogP contribution < -0.4 is 0 Å². The molecule has 0 saturated heterocycles. The monoisotopic (exact) mass is 1440 g/mol. The maximum Gasteiger partial charge on any atom is 0.472 e. The Labute approximate surface area is 600 Å². The van der Waals surface area contributed by atoms with Crippen LogP contribution in [-0.4, -0.2) is 96.7 Å². The second-order valence-electron chi connectivity index (χ2n) is 30.1. The van der Waals surface area contributed by atoms with Gasteiger partial charge in [-0.15, -0.1) is 0 Å². The normalized spacial score (nSPS) is 14.3. The molecule has 6 atom stereocenters. The van der Waals surface area contributed by atoms with Crippen LogP contribution in [0.25, 0.3) is 0 Å². The first-order chi connectivity index (χ1) is 47.1. The molecule has 0 aliphatic heterocycles. The van der Waals surface area contributed by atoms with E-state index in [2.05, 4.69) is 55.4 Å². The summed E-state index contributed by atoms with van der Waals surface area (Å²) in [6.45, 7) is 14.2. The molecule has 0 saturated carbocycles. The highest BCUT2D eigenvalue weighted by molar-refractivity contribution is 7.47. The standard InChI is InChI=1S/C79H154O17P2/c1-9-72(8)58-50-42-37-38-44-52-60-77(82)90-66-75(96-78(83)61-53-45-35-29-22-18-14-13-16-20-26-32-40-48-56-70(4)5)68-94-98(87,88)92-64-73(80)63-91-97(85,86)93-67-74(95-79(84)62-54-46-36-30-24-23-27-33-41-49-57-71(6)7)65-89-76(81)59-51-43-34-28-21-17-12-10-11-15-19-25-31-39-47-55-69(2)3/h69-75,80H,9-68H2,1-8H3,(H,85,86)(H,87,88)/t72?,73-,74-,75-/m1/s1. The van der Waals surface area contributed by atoms with Crippen LogP contribution in [-0.2, 0) is 65.4 Å². The van der Waals surface area contributed by atoms with Crippen molar-refractivity contribution in [1.82, 2.24) is 0 Å². The fourth-order valence-corrected chi connectivity index (χ4v) is 13.6. The number of hydrogen-bond acceptors (Lipinski definition) is 15. The summed E-state index contributed by atoms with van der Waals surface area (Å²) in [4.78, 5) is 72.9. The summed E-state index contributed by atoms with van der Waals surface area (Å²) in [7, 11) is -9.92. The molecule has 0 aliphatic carbocycles. The molecule has 582 valence electrons. The number of esters is 4. The third-order valence-electron chi connectivity index (χ3n) is 18.7. The molecule has 0 spiro atoms. The molecular formula is C79H154O17P2. The fraction of sp³-hybridized carbons (Fsp3) is 0.949. The Kier molecular flexibility index (Phi) is 66.8. The molecule has 0 aromatic heterocycles. The lowest BCUT2D eigenvalue weighted by Crippen LogP contribution is -2.30. The summed E-state index contributed by atoms with van der Waals surface area (Å²) in [5.41, 5.74) is 0. The maximum atomic E-state index is 13.1. The Hall–Kier alpha value is -1.94. The van der Waals surface area contributed by atoms with Crippen molar-refractivity contribution < 1.29 is 80.2 Å².